The Balaban J connectivity index is 2.06. The molecule has 0 radical (unpaired) electrons. The zero-order valence-corrected chi connectivity index (χ0v) is 12.4. The molecule has 0 aliphatic carbocycles. The van der Waals surface area contributed by atoms with Crippen molar-refractivity contribution < 1.29 is 19.1 Å². The SMILES string of the molecule is COCCOCCCNC(=O)CN1CCCCCC1=O. The number of hydrogen-bond donors (Lipinski definition) is 1. The maximum atomic E-state index is 11.7. The number of methoxy groups -OCH3 is 1. The van der Waals surface area contributed by atoms with E-state index in [1.54, 1.807) is 12.0 Å². The average molecular weight is 286 g/mol. The van der Waals surface area contributed by atoms with Gasteiger partial charge in [-0.05, 0) is 19.3 Å². The van der Waals surface area contributed by atoms with Gasteiger partial charge in [0, 0.05) is 33.2 Å². The first kappa shape index (κ1) is 16.9. The van der Waals surface area contributed by atoms with E-state index < -0.39 is 0 Å². The van der Waals surface area contributed by atoms with Crippen molar-refractivity contribution in [3.63, 3.8) is 0 Å². The van der Waals surface area contributed by atoms with Crippen LogP contribution in [-0.2, 0) is 19.1 Å². The normalized spacial score (nSPS) is 16.1. The molecule has 116 valence electrons. The lowest BCUT2D eigenvalue weighted by Gasteiger charge is -2.19. The number of likely N-dealkylation sites (tertiary alicyclic amines) is 1. The van der Waals surface area contributed by atoms with E-state index in [0.717, 1.165) is 25.7 Å². The maximum Gasteiger partial charge on any atom is 0.239 e. The molecule has 1 heterocycles. The zero-order chi connectivity index (χ0) is 14.6. The van der Waals surface area contributed by atoms with Gasteiger partial charge in [0.1, 0.15) is 0 Å². The fraction of sp³-hybridized carbons (Fsp3) is 0.857. The summed E-state index contributed by atoms with van der Waals surface area (Å²) < 4.78 is 10.2. The number of hydrogen-bond acceptors (Lipinski definition) is 4. The molecule has 0 unspecified atom stereocenters. The molecule has 1 saturated heterocycles. The summed E-state index contributed by atoms with van der Waals surface area (Å²) in [7, 11) is 1.63. The van der Waals surface area contributed by atoms with Gasteiger partial charge in [-0.1, -0.05) is 6.42 Å². The standard InChI is InChI=1S/C14H26N2O4/c1-19-10-11-20-9-5-7-15-13(17)12-16-8-4-2-3-6-14(16)18/h2-12H2,1H3,(H,15,17). The van der Waals surface area contributed by atoms with E-state index >= 15 is 0 Å². The second-order valence-electron chi connectivity index (χ2n) is 4.93. The largest absolute Gasteiger partial charge is 0.382 e. The van der Waals surface area contributed by atoms with Crippen LogP contribution >= 0.6 is 0 Å². The summed E-state index contributed by atoms with van der Waals surface area (Å²) in [6.45, 7) is 3.23. The number of nitrogens with one attached hydrogen (secondary N) is 1. The summed E-state index contributed by atoms with van der Waals surface area (Å²) in [4.78, 5) is 25.1. The molecule has 1 aliphatic heterocycles. The van der Waals surface area contributed by atoms with Gasteiger partial charge in [0.15, 0.2) is 0 Å². The molecule has 2 amide bonds. The van der Waals surface area contributed by atoms with E-state index in [2.05, 4.69) is 5.32 Å². The molecule has 1 rings (SSSR count). The van der Waals surface area contributed by atoms with Gasteiger partial charge in [-0.25, -0.2) is 0 Å². The Morgan fingerprint density at radius 3 is 2.90 bits per heavy atom. The van der Waals surface area contributed by atoms with Crippen molar-refractivity contribution >= 4 is 11.8 Å². The first-order valence-electron chi connectivity index (χ1n) is 7.35. The van der Waals surface area contributed by atoms with Gasteiger partial charge in [0.2, 0.25) is 11.8 Å². The van der Waals surface area contributed by atoms with Crippen molar-refractivity contribution in [2.45, 2.75) is 32.1 Å². The molecule has 1 fully saturated rings. The molecule has 20 heavy (non-hydrogen) atoms. The number of ether oxygens (including phenoxy) is 2. The molecule has 1 N–H and O–H groups in total. The van der Waals surface area contributed by atoms with Gasteiger partial charge in [0.25, 0.3) is 0 Å². The van der Waals surface area contributed by atoms with E-state index in [4.69, 9.17) is 9.47 Å². The van der Waals surface area contributed by atoms with Crippen LogP contribution in [0.5, 0.6) is 0 Å². The van der Waals surface area contributed by atoms with Crippen LogP contribution in [0.25, 0.3) is 0 Å². The lowest BCUT2D eigenvalue weighted by molar-refractivity contribution is -0.135. The summed E-state index contributed by atoms with van der Waals surface area (Å²) in [5, 5.41) is 2.82. The Morgan fingerprint density at radius 2 is 2.10 bits per heavy atom. The van der Waals surface area contributed by atoms with Crippen LogP contribution in [0.4, 0.5) is 0 Å². The highest BCUT2D eigenvalue weighted by molar-refractivity contribution is 5.84. The van der Waals surface area contributed by atoms with Crippen LogP contribution in [0, 0.1) is 0 Å². The minimum absolute atomic E-state index is 0.0860. The molecule has 0 aromatic carbocycles. The van der Waals surface area contributed by atoms with E-state index in [0.29, 0.717) is 39.3 Å². The molecular formula is C14H26N2O4. The molecule has 0 atom stereocenters. The highest BCUT2D eigenvalue weighted by atomic mass is 16.5. The topological polar surface area (TPSA) is 67.9 Å². The molecule has 0 saturated carbocycles. The molecule has 0 aromatic rings. The predicted molar refractivity (Wildman–Crippen MR) is 75.4 cm³/mol. The Hall–Kier alpha value is -1.14. The molecule has 1 aliphatic rings. The van der Waals surface area contributed by atoms with Crippen molar-refractivity contribution in [1.29, 1.82) is 0 Å². The van der Waals surface area contributed by atoms with Crippen molar-refractivity contribution in [3.8, 4) is 0 Å². The number of amides is 2. The fourth-order valence-corrected chi connectivity index (χ4v) is 2.08. The molecule has 6 nitrogen and oxygen atoms in total. The average Bonchev–Trinajstić information content (AvgIpc) is 2.63. The third kappa shape index (κ3) is 7.45. The quantitative estimate of drug-likeness (QED) is 0.629. The Bertz CT molecular complexity index is 297. The van der Waals surface area contributed by atoms with Crippen LogP contribution in [-0.4, -0.2) is 63.3 Å². The third-order valence-corrected chi connectivity index (χ3v) is 3.23. The maximum absolute atomic E-state index is 11.7. The van der Waals surface area contributed by atoms with Crippen molar-refractivity contribution in [2.75, 3.05) is 46.6 Å². The number of carbonyl (C=O) groups is 2. The van der Waals surface area contributed by atoms with Crippen LogP contribution in [0.1, 0.15) is 32.1 Å². The van der Waals surface area contributed by atoms with Gasteiger partial charge >= 0.3 is 0 Å². The lowest BCUT2D eigenvalue weighted by Crippen LogP contribution is -2.40. The monoisotopic (exact) mass is 286 g/mol. The van der Waals surface area contributed by atoms with Gasteiger partial charge in [0.05, 0.1) is 19.8 Å². The van der Waals surface area contributed by atoms with Crippen LogP contribution in [0.2, 0.25) is 0 Å². The summed E-state index contributed by atoms with van der Waals surface area (Å²) in [6, 6.07) is 0. The third-order valence-electron chi connectivity index (χ3n) is 3.23. The van der Waals surface area contributed by atoms with Gasteiger partial charge in [-0.15, -0.1) is 0 Å². The summed E-state index contributed by atoms with van der Waals surface area (Å²) in [6.07, 6.45) is 4.34. The second-order valence-corrected chi connectivity index (χ2v) is 4.93. The minimum Gasteiger partial charge on any atom is -0.382 e. The number of carbonyl (C=O) groups excluding carboxylic acids is 2. The zero-order valence-electron chi connectivity index (χ0n) is 12.4. The Morgan fingerprint density at radius 1 is 1.25 bits per heavy atom. The summed E-state index contributed by atoms with van der Waals surface area (Å²) in [5.74, 6) is 0.0118. The highest BCUT2D eigenvalue weighted by Crippen LogP contribution is 2.10. The first-order chi connectivity index (χ1) is 9.74. The molecular weight excluding hydrogens is 260 g/mol. The fourth-order valence-electron chi connectivity index (χ4n) is 2.08. The summed E-state index contributed by atoms with van der Waals surface area (Å²) in [5.41, 5.74) is 0. The Kier molecular flexibility index (Phi) is 8.98. The molecule has 0 aromatic heterocycles. The van der Waals surface area contributed by atoms with Gasteiger partial charge in [-0.2, -0.15) is 0 Å². The second kappa shape index (κ2) is 10.6. The van der Waals surface area contributed by atoms with Crippen LogP contribution in [0.15, 0.2) is 0 Å². The highest BCUT2D eigenvalue weighted by Gasteiger charge is 2.18. The molecule has 0 spiro atoms. The molecule has 6 heteroatoms. The summed E-state index contributed by atoms with van der Waals surface area (Å²) >= 11 is 0. The van der Waals surface area contributed by atoms with Crippen LogP contribution < -0.4 is 5.32 Å². The first-order valence-corrected chi connectivity index (χ1v) is 7.35. The van der Waals surface area contributed by atoms with Gasteiger partial charge in [-0.3, -0.25) is 9.59 Å². The number of rotatable bonds is 9. The van der Waals surface area contributed by atoms with Crippen molar-refractivity contribution in [1.82, 2.24) is 10.2 Å². The van der Waals surface area contributed by atoms with Crippen molar-refractivity contribution in [2.24, 2.45) is 0 Å². The van der Waals surface area contributed by atoms with E-state index in [1.807, 2.05) is 0 Å². The van der Waals surface area contributed by atoms with E-state index in [9.17, 15) is 9.59 Å². The van der Waals surface area contributed by atoms with Crippen molar-refractivity contribution in [3.05, 3.63) is 0 Å². The van der Waals surface area contributed by atoms with E-state index in [-0.39, 0.29) is 18.4 Å². The van der Waals surface area contributed by atoms with Crippen LogP contribution in [0.3, 0.4) is 0 Å². The Labute approximate surface area is 120 Å². The van der Waals surface area contributed by atoms with Gasteiger partial charge < -0.3 is 19.7 Å². The lowest BCUT2D eigenvalue weighted by atomic mass is 10.2. The smallest absolute Gasteiger partial charge is 0.239 e. The number of nitrogens with zero attached hydrogens (tertiary/aromatic N) is 1. The van der Waals surface area contributed by atoms with E-state index in [1.165, 1.54) is 0 Å². The minimum atomic E-state index is -0.0860. The predicted octanol–water partition coefficient (Wildman–Crippen LogP) is 0.558. The molecule has 0 bridgehead atoms.